The first-order valence-corrected chi connectivity index (χ1v) is 8.11. The van der Waals surface area contributed by atoms with E-state index in [1.54, 1.807) is 0 Å². The lowest BCUT2D eigenvalue weighted by Crippen LogP contribution is -2.55. The van der Waals surface area contributed by atoms with Crippen molar-refractivity contribution in [3.8, 4) is 0 Å². The highest BCUT2D eigenvalue weighted by Gasteiger charge is 2.47. The van der Waals surface area contributed by atoms with Gasteiger partial charge in [0.25, 0.3) is 0 Å². The van der Waals surface area contributed by atoms with Gasteiger partial charge in [-0.15, -0.1) is 0 Å². The summed E-state index contributed by atoms with van der Waals surface area (Å²) in [7, 11) is 0. The Kier molecular flexibility index (Phi) is 4.32. The molecule has 3 N–H and O–H groups in total. The van der Waals surface area contributed by atoms with E-state index in [0.29, 0.717) is 0 Å². The molecule has 1 aromatic carbocycles. The fraction of sp³-hybridized carbons (Fsp3) is 0.625. The van der Waals surface area contributed by atoms with Gasteiger partial charge >= 0.3 is 0 Å². The number of hydrogen-bond donors (Lipinski definition) is 2. The van der Waals surface area contributed by atoms with Crippen LogP contribution < -0.4 is 11.3 Å². The van der Waals surface area contributed by atoms with Crippen molar-refractivity contribution in [3.05, 3.63) is 34.9 Å². The van der Waals surface area contributed by atoms with E-state index in [4.69, 9.17) is 17.4 Å². The maximum atomic E-state index is 6.43. The molecule has 1 aliphatic heterocycles. The lowest BCUT2D eigenvalue weighted by Gasteiger charge is -2.45. The molecule has 4 heteroatoms. The number of rotatable bonds is 4. The van der Waals surface area contributed by atoms with Crippen LogP contribution in [0.2, 0.25) is 5.02 Å². The van der Waals surface area contributed by atoms with Crippen molar-refractivity contribution in [2.24, 2.45) is 5.84 Å². The van der Waals surface area contributed by atoms with Gasteiger partial charge in [-0.3, -0.25) is 16.2 Å². The Morgan fingerprint density at radius 3 is 2.35 bits per heavy atom. The molecule has 2 fully saturated rings. The van der Waals surface area contributed by atoms with Crippen molar-refractivity contribution < 1.29 is 0 Å². The molecule has 1 saturated heterocycles. The van der Waals surface area contributed by atoms with Crippen molar-refractivity contribution >= 4 is 11.6 Å². The predicted molar refractivity (Wildman–Crippen MR) is 83.5 cm³/mol. The van der Waals surface area contributed by atoms with Crippen LogP contribution in [0.15, 0.2) is 24.3 Å². The number of nitrogens with zero attached hydrogens (tertiary/aromatic N) is 1. The van der Waals surface area contributed by atoms with Crippen molar-refractivity contribution in [3.63, 3.8) is 0 Å². The van der Waals surface area contributed by atoms with Gasteiger partial charge < -0.3 is 0 Å². The molecule has 1 unspecified atom stereocenters. The molecule has 1 heterocycles. The number of nitrogens with two attached hydrogens (primary N) is 1. The minimum atomic E-state index is 0.122. The zero-order chi connectivity index (χ0) is 14.0. The highest BCUT2D eigenvalue weighted by molar-refractivity contribution is 6.31. The Balaban J connectivity index is 1.98. The summed E-state index contributed by atoms with van der Waals surface area (Å²) in [4.78, 5) is 2.66. The second-order valence-corrected chi connectivity index (χ2v) is 6.53. The SMILES string of the molecule is NNC(c1ccccc1Cl)C1(N2CCCC2)CCCC1. The van der Waals surface area contributed by atoms with Crippen LogP contribution in [0, 0.1) is 0 Å². The van der Waals surface area contributed by atoms with E-state index in [9.17, 15) is 0 Å². The monoisotopic (exact) mass is 293 g/mol. The summed E-state index contributed by atoms with van der Waals surface area (Å²) in [5.74, 6) is 5.97. The molecule has 1 aliphatic carbocycles. The average molecular weight is 294 g/mol. The number of likely N-dealkylation sites (tertiary alicyclic amines) is 1. The van der Waals surface area contributed by atoms with Gasteiger partial charge in [0.15, 0.2) is 0 Å². The van der Waals surface area contributed by atoms with Crippen LogP contribution in [0.3, 0.4) is 0 Å². The number of nitrogens with one attached hydrogen (secondary N) is 1. The summed E-state index contributed by atoms with van der Waals surface area (Å²) < 4.78 is 0. The molecule has 0 amide bonds. The molecule has 1 aromatic rings. The number of benzene rings is 1. The van der Waals surface area contributed by atoms with Crippen LogP contribution in [0.25, 0.3) is 0 Å². The van der Waals surface area contributed by atoms with Crippen LogP contribution >= 0.6 is 11.6 Å². The van der Waals surface area contributed by atoms with Crippen LogP contribution in [-0.4, -0.2) is 23.5 Å². The molecule has 20 heavy (non-hydrogen) atoms. The second kappa shape index (κ2) is 6.02. The smallest absolute Gasteiger partial charge is 0.0658 e. The molecule has 110 valence electrons. The molecule has 1 atom stereocenters. The third-order valence-electron chi connectivity index (χ3n) is 5.13. The third-order valence-corrected chi connectivity index (χ3v) is 5.47. The maximum Gasteiger partial charge on any atom is 0.0658 e. The van der Waals surface area contributed by atoms with Crippen LogP contribution in [-0.2, 0) is 0 Å². The third kappa shape index (κ3) is 2.37. The largest absolute Gasteiger partial charge is 0.296 e. The zero-order valence-electron chi connectivity index (χ0n) is 11.9. The molecule has 0 bridgehead atoms. The summed E-state index contributed by atoms with van der Waals surface area (Å²) in [5.41, 5.74) is 4.39. The topological polar surface area (TPSA) is 41.3 Å². The van der Waals surface area contributed by atoms with Crippen molar-refractivity contribution in [2.45, 2.75) is 50.1 Å². The van der Waals surface area contributed by atoms with Gasteiger partial charge in [-0.1, -0.05) is 42.6 Å². The Labute approximate surface area is 126 Å². The highest BCUT2D eigenvalue weighted by atomic mass is 35.5. The first-order valence-electron chi connectivity index (χ1n) is 7.73. The molecule has 0 aromatic heterocycles. The van der Waals surface area contributed by atoms with E-state index in [1.165, 1.54) is 51.6 Å². The highest BCUT2D eigenvalue weighted by Crippen LogP contribution is 2.46. The lowest BCUT2D eigenvalue weighted by atomic mass is 9.82. The van der Waals surface area contributed by atoms with E-state index in [1.807, 2.05) is 12.1 Å². The fourth-order valence-electron chi connectivity index (χ4n) is 4.18. The molecule has 1 saturated carbocycles. The average Bonchev–Trinajstić information content (AvgIpc) is 3.12. The molecule has 3 rings (SSSR count). The standard InChI is InChI=1S/C16H24ClN3/c17-14-8-2-1-7-13(14)15(19-18)16(9-3-4-10-16)20-11-5-6-12-20/h1-2,7-8,15,19H,3-6,9-12,18H2. The minimum absolute atomic E-state index is 0.122. The van der Waals surface area contributed by atoms with Gasteiger partial charge in [-0.25, -0.2) is 0 Å². The van der Waals surface area contributed by atoms with Gasteiger partial charge in [0.1, 0.15) is 0 Å². The molecular formula is C16H24ClN3. The Bertz CT molecular complexity index is 451. The summed E-state index contributed by atoms with van der Waals surface area (Å²) in [6, 6.07) is 8.24. The van der Waals surface area contributed by atoms with Gasteiger partial charge in [0, 0.05) is 10.6 Å². The first-order chi connectivity index (χ1) is 9.78. The summed E-state index contributed by atoms with van der Waals surface area (Å²) in [6.07, 6.45) is 7.63. The van der Waals surface area contributed by atoms with Crippen LogP contribution in [0.1, 0.15) is 50.1 Å². The van der Waals surface area contributed by atoms with E-state index in [-0.39, 0.29) is 11.6 Å². The number of halogens is 1. The Morgan fingerprint density at radius 1 is 1.10 bits per heavy atom. The summed E-state index contributed by atoms with van der Waals surface area (Å²) in [6.45, 7) is 2.39. The quantitative estimate of drug-likeness (QED) is 0.661. The fourth-order valence-corrected chi connectivity index (χ4v) is 4.43. The predicted octanol–water partition coefficient (Wildman–Crippen LogP) is 3.25. The van der Waals surface area contributed by atoms with Crippen molar-refractivity contribution in [1.29, 1.82) is 0 Å². The van der Waals surface area contributed by atoms with Gasteiger partial charge in [0.05, 0.1) is 6.04 Å². The molecule has 0 spiro atoms. The van der Waals surface area contributed by atoms with E-state index in [0.717, 1.165) is 10.6 Å². The molecule has 2 aliphatic rings. The van der Waals surface area contributed by atoms with Gasteiger partial charge in [-0.05, 0) is 50.4 Å². The summed E-state index contributed by atoms with van der Waals surface area (Å²) in [5, 5.41) is 0.820. The van der Waals surface area contributed by atoms with Crippen LogP contribution in [0.5, 0.6) is 0 Å². The lowest BCUT2D eigenvalue weighted by molar-refractivity contribution is 0.0765. The van der Waals surface area contributed by atoms with E-state index >= 15 is 0 Å². The normalized spacial score (nSPS) is 24.1. The number of hydrazine groups is 1. The van der Waals surface area contributed by atoms with E-state index in [2.05, 4.69) is 22.5 Å². The first kappa shape index (κ1) is 14.3. The second-order valence-electron chi connectivity index (χ2n) is 6.13. The summed E-state index contributed by atoms with van der Waals surface area (Å²) >= 11 is 6.43. The van der Waals surface area contributed by atoms with E-state index < -0.39 is 0 Å². The molecule has 0 radical (unpaired) electrons. The minimum Gasteiger partial charge on any atom is -0.296 e. The molecule has 3 nitrogen and oxygen atoms in total. The van der Waals surface area contributed by atoms with Crippen molar-refractivity contribution in [2.75, 3.05) is 13.1 Å². The zero-order valence-corrected chi connectivity index (χ0v) is 12.7. The van der Waals surface area contributed by atoms with Gasteiger partial charge in [-0.2, -0.15) is 0 Å². The van der Waals surface area contributed by atoms with Crippen LogP contribution in [0.4, 0.5) is 0 Å². The number of hydrogen-bond acceptors (Lipinski definition) is 3. The Morgan fingerprint density at radius 2 is 1.75 bits per heavy atom. The Hall–Kier alpha value is -0.610. The van der Waals surface area contributed by atoms with Gasteiger partial charge in [0.2, 0.25) is 0 Å². The van der Waals surface area contributed by atoms with Crippen molar-refractivity contribution in [1.82, 2.24) is 10.3 Å². The maximum absolute atomic E-state index is 6.43. The molecular weight excluding hydrogens is 270 g/mol.